The first kappa shape index (κ1) is 108. The minimum atomic E-state index is -3.23. The molecule has 0 aromatic rings. The van der Waals surface area contributed by atoms with Crippen LogP contribution in [0.1, 0.15) is 295 Å². The lowest BCUT2D eigenvalue weighted by Gasteiger charge is -2.19. The van der Waals surface area contributed by atoms with Crippen molar-refractivity contribution in [2.45, 2.75) is 304 Å². The van der Waals surface area contributed by atoms with Crippen molar-refractivity contribution in [1.82, 2.24) is 10.6 Å². The minimum absolute atomic E-state index is 0.00115. The van der Waals surface area contributed by atoms with Gasteiger partial charge in [0.2, 0.25) is 11.8 Å². The molecule has 23 heteroatoms. The van der Waals surface area contributed by atoms with E-state index in [1.165, 1.54) is 30.4 Å². The third kappa shape index (κ3) is 63.5. The largest absolute Gasteiger partial charge is 0.355 e. The number of carbonyl (C=O) groups is 15. The summed E-state index contributed by atoms with van der Waals surface area (Å²) in [5, 5.41) is 5.04. The fraction of sp³-hybridized carbons (Fsp3) is 0.667. The minimum Gasteiger partial charge on any atom is -0.355 e. The first-order valence-corrected chi connectivity index (χ1v) is 39.1. The highest BCUT2D eigenvalue weighted by molar-refractivity contribution is 7.93. The van der Waals surface area contributed by atoms with E-state index >= 15 is 0 Å². The molecule has 0 saturated carbocycles. The summed E-state index contributed by atoms with van der Waals surface area (Å²) < 4.78 is 45.5. The molecule has 0 unspecified atom stereocenters. The summed E-state index contributed by atoms with van der Waals surface area (Å²) in [6.45, 7) is 49.7. The molecule has 2 amide bonds. The van der Waals surface area contributed by atoms with Gasteiger partial charge in [0, 0.05) is 150 Å². The first-order chi connectivity index (χ1) is 47.1. The van der Waals surface area contributed by atoms with Crippen molar-refractivity contribution < 1.29 is 88.8 Å². The Balaban J connectivity index is -0.000000279. The molecule has 0 aliphatic rings. The molecule has 594 valence electrons. The predicted molar refractivity (Wildman–Crippen MR) is 417 cm³/mol. The molecule has 0 atom stereocenters. The summed E-state index contributed by atoms with van der Waals surface area (Å²) in [5.74, 6) is -0.582. The summed E-state index contributed by atoms with van der Waals surface area (Å²) >= 11 is 0. The zero-order chi connectivity index (χ0) is 82.9. The van der Waals surface area contributed by atoms with Crippen LogP contribution in [-0.4, -0.2) is 138 Å². The molecule has 0 fully saturated rings. The second kappa shape index (κ2) is 54.6. The lowest BCUT2D eigenvalue weighted by Crippen LogP contribution is -2.36. The van der Waals surface area contributed by atoms with Gasteiger partial charge in [0.05, 0.1) is 21.0 Å². The third-order valence-electron chi connectivity index (χ3n) is 14.9. The van der Waals surface area contributed by atoms with Crippen LogP contribution in [0.2, 0.25) is 0 Å². The van der Waals surface area contributed by atoms with E-state index in [-0.39, 0.29) is 205 Å². The van der Waals surface area contributed by atoms with Crippen molar-refractivity contribution in [1.29, 1.82) is 0 Å². The zero-order valence-corrected chi connectivity index (χ0v) is 69.7. The average Bonchev–Trinajstić information content (AvgIpc) is 0.849. The molecule has 0 spiro atoms. The van der Waals surface area contributed by atoms with Gasteiger partial charge in [0.1, 0.15) is 40.5 Å². The van der Waals surface area contributed by atoms with Crippen LogP contribution in [0.25, 0.3) is 0 Å². The third-order valence-corrected chi connectivity index (χ3v) is 20.1. The van der Waals surface area contributed by atoms with E-state index in [0.29, 0.717) is 44.1 Å². The Kier molecular flexibility index (Phi) is 56.6. The number of nitrogens with one attached hydrogen (secondary N) is 2. The molecule has 0 heterocycles. The Morgan fingerprint density at radius 1 is 0.337 bits per heavy atom. The summed E-state index contributed by atoms with van der Waals surface area (Å²) in [4.78, 5) is 170. The van der Waals surface area contributed by atoms with Crippen LogP contribution in [-0.2, 0) is 91.6 Å². The van der Waals surface area contributed by atoms with Gasteiger partial charge in [-0.2, -0.15) is 0 Å². The molecule has 0 bridgehead atoms. The maximum atomic E-state index is 11.8. The Hall–Kier alpha value is -7.01. The SMILES string of the molecule is C/C=C/C(=O)CCC(=O)CCC(=O)C(C)(C)C.C/C=C/C(=O)CCC(=O)CCCCC(=O)C(C)(C)C.C/C=C/C(=O)CCC(=O)NCCS(=O)(=O)C(C)(C)C.C=C(C)C(=O)CCC(=O)CCC(=O)C(C)(C)C.C=CC(=O)CCC(=O)C(C)(C)C.CC(C)=CC(=O)CCC(=O)NCCS(=O)(=O)C(C)(C)C. The van der Waals surface area contributed by atoms with Crippen LogP contribution in [0.3, 0.4) is 0 Å². The highest BCUT2D eigenvalue weighted by Gasteiger charge is 2.30. The topological polar surface area (TPSA) is 348 Å². The van der Waals surface area contributed by atoms with Gasteiger partial charge in [0.25, 0.3) is 0 Å². The maximum absolute atomic E-state index is 11.8. The van der Waals surface area contributed by atoms with Gasteiger partial charge in [-0.1, -0.05) is 120 Å². The van der Waals surface area contributed by atoms with Crippen LogP contribution in [0, 0.1) is 21.7 Å². The van der Waals surface area contributed by atoms with Crippen molar-refractivity contribution >= 4 is 107 Å². The summed E-state index contributed by atoms with van der Waals surface area (Å²) in [6, 6.07) is 0. The van der Waals surface area contributed by atoms with Crippen molar-refractivity contribution in [2.24, 2.45) is 21.7 Å². The van der Waals surface area contributed by atoms with Gasteiger partial charge in [-0.15, -0.1) is 0 Å². The highest BCUT2D eigenvalue weighted by Crippen LogP contribution is 2.22. The fourth-order valence-corrected chi connectivity index (χ4v) is 9.40. The van der Waals surface area contributed by atoms with Gasteiger partial charge in [-0.25, -0.2) is 16.8 Å². The molecule has 0 aromatic heterocycles. The van der Waals surface area contributed by atoms with E-state index in [1.807, 2.05) is 96.9 Å². The summed E-state index contributed by atoms with van der Waals surface area (Å²) in [7, 11) is -6.46. The number of unbranched alkanes of at least 4 members (excludes halogenated alkanes) is 1. The second-order valence-corrected chi connectivity index (χ2v) is 37.3. The van der Waals surface area contributed by atoms with Crippen LogP contribution in [0.15, 0.2) is 72.9 Å². The maximum Gasteiger partial charge on any atom is 0.220 e. The quantitative estimate of drug-likeness (QED) is 0.0424. The molecule has 21 nitrogen and oxygen atoms in total. The highest BCUT2D eigenvalue weighted by atomic mass is 32.2. The molecule has 2 N–H and O–H groups in total. The standard InChI is InChI=1S/C16H26O3.C14H25NO4S.2C14H22O3.C13H23NO4S.C10H16O2/c1-5-8-13(17)11-12-14(18)9-6-7-10-15(19)16(2,3)4;1-11(2)10-12(16)6-7-13(17)15-8-9-20(18,19)14(3,4)5;1-10(2)12(16)8-6-11(15)7-9-13(17)14(3,4)5;1-5-6-11(15)7-8-12(16)9-10-13(17)14(2,3)4;1-5-6-11(15)7-8-12(16)14-9-10-19(17,18)13(2,3)4;1-5-8(11)6-7-9(12)10(2,3)4/h5,8H,6-7,9-12H2,1-4H3;10H,6-9H2,1-5H3,(H,15,17);1,6-9H2,2-5H3;5-6H,7-10H2,1-4H3;5-6H,7-10H2,1-4H3,(H,14,16);5H,1,6-7H2,2-4H3/b8-5+;;;2*6-5+;. The fourth-order valence-electron chi connectivity index (χ4n) is 7.43. The average molecular weight is 1500 g/mol. The Morgan fingerprint density at radius 2 is 0.596 bits per heavy atom. The molecule has 104 heavy (non-hydrogen) atoms. The molecule has 0 saturated heterocycles. The molecule has 0 aliphatic carbocycles. The number of Topliss-reactive ketones (excluding diaryl/α,β-unsaturated/α-hetero) is 8. The summed E-state index contributed by atoms with van der Waals surface area (Å²) in [6.07, 6.45) is 18.2. The lowest BCUT2D eigenvalue weighted by atomic mass is 9.87. The Morgan fingerprint density at radius 3 is 0.885 bits per heavy atom. The molecule has 0 aromatic carbocycles. The van der Waals surface area contributed by atoms with E-state index in [9.17, 15) is 88.8 Å². The van der Waals surface area contributed by atoms with Gasteiger partial charge < -0.3 is 10.6 Å². The van der Waals surface area contributed by atoms with Crippen molar-refractivity contribution in [2.75, 3.05) is 24.6 Å². The van der Waals surface area contributed by atoms with E-state index in [0.717, 1.165) is 18.4 Å². The van der Waals surface area contributed by atoms with Gasteiger partial charge in [-0.3, -0.25) is 71.9 Å². The van der Waals surface area contributed by atoms with Crippen molar-refractivity contribution in [3.63, 3.8) is 0 Å². The molecule has 0 radical (unpaired) electrons. The normalized spacial score (nSPS) is 11.7. The van der Waals surface area contributed by atoms with E-state index in [1.54, 1.807) is 87.5 Å². The van der Waals surface area contributed by atoms with Crippen LogP contribution >= 0.6 is 0 Å². The number of allylic oxidation sites excluding steroid dienone is 10. The summed E-state index contributed by atoms with van der Waals surface area (Å²) in [5.41, 5.74) is -0.0330. The Bertz CT molecular complexity index is 3210. The van der Waals surface area contributed by atoms with Gasteiger partial charge in [0.15, 0.2) is 54.4 Å². The van der Waals surface area contributed by atoms with Crippen LogP contribution in [0.5, 0.6) is 0 Å². The van der Waals surface area contributed by atoms with Crippen LogP contribution in [0.4, 0.5) is 0 Å². The molecular formula is C81H134N2O19S2. The number of hydrogen-bond acceptors (Lipinski definition) is 19. The molecule has 0 rings (SSSR count). The van der Waals surface area contributed by atoms with E-state index in [2.05, 4.69) is 23.8 Å². The smallest absolute Gasteiger partial charge is 0.220 e. The van der Waals surface area contributed by atoms with E-state index < -0.39 is 34.6 Å². The zero-order valence-electron chi connectivity index (χ0n) is 68.1. The second-order valence-electron chi connectivity index (χ2n) is 31.5. The monoisotopic (exact) mass is 1500 g/mol. The van der Waals surface area contributed by atoms with Crippen molar-refractivity contribution in [3.05, 3.63) is 72.9 Å². The van der Waals surface area contributed by atoms with Gasteiger partial charge in [-0.05, 0) is 132 Å². The lowest BCUT2D eigenvalue weighted by molar-refractivity contribution is -0.129. The number of rotatable bonds is 41. The predicted octanol–water partition coefficient (Wildman–Crippen LogP) is 14.4. The number of sulfone groups is 2. The first-order valence-electron chi connectivity index (χ1n) is 35.8. The van der Waals surface area contributed by atoms with Crippen LogP contribution < -0.4 is 10.6 Å². The van der Waals surface area contributed by atoms with Crippen molar-refractivity contribution in [3.8, 4) is 0 Å². The van der Waals surface area contributed by atoms with E-state index in [4.69, 9.17) is 0 Å². The Labute approximate surface area is 626 Å². The molecule has 0 aliphatic heterocycles. The number of ketones is 13. The molecular weight excluding hydrogens is 1370 g/mol. The number of amides is 2. The number of carbonyl (C=O) groups excluding carboxylic acids is 15. The van der Waals surface area contributed by atoms with Gasteiger partial charge >= 0.3 is 0 Å². The number of hydrogen-bond donors (Lipinski definition) is 2.